The number of anilines is 1. The van der Waals surface area contributed by atoms with Crippen LogP contribution in [0.25, 0.3) is 0 Å². The molecule has 118 valence electrons. The smallest absolute Gasteiger partial charge is 0.406 e. The fourth-order valence-corrected chi connectivity index (χ4v) is 3.69. The molecule has 21 heavy (non-hydrogen) atoms. The largest absolute Gasteiger partial charge is 0.488 e. The van der Waals surface area contributed by atoms with Gasteiger partial charge < -0.3 is 4.52 Å². The summed E-state index contributed by atoms with van der Waals surface area (Å²) in [5.74, 6) is 0.684. The van der Waals surface area contributed by atoms with Crippen LogP contribution < -0.4 is 9.19 Å². The van der Waals surface area contributed by atoms with Crippen LogP contribution in [0, 0.1) is 0 Å². The fraction of sp³-hybridized carbons (Fsp3) is 0.625. The zero-order chi connectivity index (χ0) is 16.2. The molecule has 0 bridgehead atoms. The summed E-state index contributed by atoms with van der Waals surface area (Å²) in [6, 6.07) is 4.22. The molecule has 1 atom stereocenters. The molecule has 0 spiro atoms. The van der Waals surface area contributed by atoms with Gasteiger partial charge in [-0.1, -0.05) is 47.6 Å². The van der Waals surface area contributed by atoms with Crippen molar-refractivity contribution < 1.29 is 13.6 Å². The Morgan fingerprint density at radius 3 is 2.10 bits per heavy atom. The second kappa shape index (κ2) is 4.76. The summed E-state index contributed by atoms with van der Waals surface area (Å²) in [5.41, 5.74) is 3.01. The fourth-order valence-electron chi connectivity index (χ4n) is 2.41. The van der Waals surface area contributed by atoms with E-state index in [1.54, 1.807) is 11.7 Å². The molecule has 1 heterocycles. The Bertz CT molecular complexity index is 611. The molecule has 1 aromatic carbocycles. The van der Waals surface area contributed by atoms with Crippen LogP contribution >= 0.6 is 7.75 Å². The van der Waals surface area contributed by atoms with Gasteiger partial charge in [-0.15, -0.1) is 0 Å². The molecule has 0 fully saturated rings. The molecule has 0 radical (unpaired) electrons. The zero-order valence-electron chi connectivity index (χ0n) is 14.3. The number of hydrogen-bond donors (Lipinski definition) is 0. The Labute approximate surface area is 128 Å². The number of rotatable bonds is 1. The summed E-state index contributed by atoms with van der Waals surface area (Å²) >= 11 is 0. The molecule has 2 rings (SSSR count). The highest BCUT2D eigenvalue weighted by molar-refractivity contribution is 7.56. The molecule has 4 nitrogen and oxygen atoms in total. The van der Waals surface area contributed by atoms with Gasteiger partial charge in [-0.25, -0.2) is 4.57 Å². The Balaban J connectivity index is 2.74. The van der Waals surface area contributed by atoms with Crippen LogP contribution in [0.15, 0.2) is 12.1 Å². The second-order valence-electron chi connectivity index (χ2n) is 7.64. The third kappa shape index (κ3) is 2.72. The lowest BCUT2D eigenvalue weighted by Crippen LogP contribution is -2.17. The number of fused-ring (bicyclic) bond motifs is 1. The summed E-state index contributed by atoms with van der Waals surface area (Å²) in [6.07, 6.45) is 0. The van der Waals surface area contributed by atoms with Gasteiger partial charge in [0.05, 0.1) is 5.69 Å². The van der Waals surface area contributed by atoms with E-state index < -0.39 is 7.75 Å². The van der Waals surface area contributed by atoms with Crippen LogP contribution in [-0.4, -0.2) is 14.2 Å². The average molecular weight is 311 g/mol. The molecule has 1 aliphatic rings. The molecule has 0 saturated carbocycles. The Morgan fingerprint density at radius 1 is 1.10 bits per heavy atom. The quantitative estimate of drug-likeness (QED) is 0.694. The molecule has 1 unspecified atom stereocenters. The van der Waals surface area contributed by atoms with Crippen molar-refractivity contribution in [2.75, 3.05) is 18.8 Å². The molecule has 0 N–H and O–H groups in total. The van der Waals surface area contributed by atoms with E-state index in [1.165, 1.54) is 12.7 Å². The highest BCUT2D eigenvalue weighted by Crippen LogP contribution is 2.63. The summed E-state index contributed by atoms with van der Waals surface area (Å²) in [5, 5.41) is 0. The molecule has 1 aromatic rings. The first-order valence-corrected chi connectivity index (χ1v) is 8.68. The number of nitrogens with zero attached hydrogens (tertiary/aromatic N) is 1. The SMILES string of the molecule is COP1(=O)Oc2c(cc(C(C)(C)C)cc2C(C)(C)C)N1C. The van der Waals surface area contributed by atoms with Crippen molar-refractivity contribution in [3.05, 3.63) is 23.3 Å². The zero-order valence-corrected chi connectivity index (χ0v) is 15.2. The van der Waals surface area contributed by atoms with E-state index in [0.29, 0.717) is 5.75 Å². The van der Waals surface area contributed by atoms with E-state index in [2.05, 4.69) is 53.7 Å². The van der Waals surface area contributed by atoms with E-state index in [-0.39, 0.29) is 10.8 Å². The van der Waals surface area contributed by atoms with Crippen molar-refractivity contribution in [3.8, 4) is 5.75 Å². The average Bonchev–Trinajstić information content (AvgIpc) is 2.59. The lowest BCUT2D eigenvalue weighted by molar-refractivity contribution is 0.327. The molecule has 1 aliphatic heterocycles. The van der Waals surface area contributed by atoms with E-state index in [1.807, 2.05) is 0 Å². The van der Waals surface area contributed by atoms with Crippen molar-refractivity contribution in [1.29, 1.82) is 0 Å². The maximum Gasteiger partial charge on any atom is 0.488 e. The minimum absolute atomic E-state index is 0.00944. The van der Waals surface area contributed by atoms with Gasteiger partial charge in [0.2, 0.25) is 0 Å². The third-order valence-corrected chi connectivity index (χ3v) is 5.72. The Kier molecular flexibility index (Phi) is 3.71. The highest BCUT2D eigenvalue weighted by Gasteiger charge is 2.43. The van der Waals surface area contributed by atoms with Gasteiger partial charge >= 0.3 is 7.75 Å². The molecular formula is C16H26NO3P. The summed E-state index contributed by atoms with van der Waals surface area (Å²) in [6.45, 7) is 12.9. The van der Waals surface area contributed by atoms with Gasteiger partial charge in [0.25, 0.3) is 0 Å². The van der Waals surface area contributed by atoms with E-state index in [0.717, 1.165) is 11.3 Å². The van der Waals surface area contributed by atoms with Crippen molar-refractivity contribution in [1.82, 2.24) is 0 Å². The molecule has 0 aromatic heterocycles. The van der Waals surface area contributed by atoms with Gasteiger partial charge in [-0.05, 0) is 22.5 Å². The van der Waals surface area contributed by atoms with Crippen LogP contribution in [-0.2, 0) is 19.9 Å². The first kappa shape index (κ1) is 16.4. The van der Waals surface area contributed by atoms with E-state index in [9.17, 15) is 4.57 Å². The standard InChI is InChI=1S/C16H26NO3P/c1-15(2,3)11-9-12(16(4,5)6)14-13(10-11)17(7)21(18,19-8)20-14/h9-10H,1-8H3. The van der Waals surface area contributed by atoms with Gasteiger partial charge in [-0.2, -0.15) is 0 Å². The van der Waals surface area contributed by atoms with Gasteiger partial charge in [0, 0.05) is 19.7 Å². The van der Waals surface area contributed by atoms with Gasteiger partial charge in [0.1, 0.15) is 0 Å². The summed E-state index contributed by atoms with van der Waals surface area (Å²) < 4.78 is 25.2. The molecule has 0 saturated heterocycles. The van der Waals surface area contributed by atoms with E-state index >= 15 is 0 Å². The monoisotopic (exact) mass is 311 g/mol. The first-order valence-electron chi connectivity index (χ1n) is 7.19. The summed E-state index contributed by atoms with van der Waals surface area (Å²) in [4.78, 5) is 0. The van der Waals surface area contributed by atoms with Crippen molar-refractivity contribution >= 4 is 13.4 Å². The minimum Gasteiger partial charge on any atom is -0.406 e. The van der Waals surface area contributed by atoms with Crippen molar-refractivity contribution in [3.63, 3.8) is 0 Å². The topological polar surface area (TPSA) is 38.8 Å². The molecule has 0 aliphatic carbocycles. The van der Waals surface area contributed by atoms with Crippen LogP contribution in [0.5, 0.6) is 5.75 Å². The number of benzene rings is 1. The van der Waals surface area contributed by atoms with Crippen LogP contribution in [0.4, 0.5) is 5.69 Å². The Hall–Kier alpha value is -0.990. The minimum atomic E-state index is -3.26. The molecule has 0 amide bonds. The summed E-state index contributed by atoms with van der Waals surface area (Å²) in [7, 11) is -0.0790. The maximum absolute atomic E-state index is 12.7. The predicted molar refractivity (Wildman–Crippen MR) is 87.5 cm³/mol. The normalized spacial score (nSPS) is 22.2. The van der Waals surface area contributed by atoms with Crippen molar-refractivity contribution in [2.45, 2.75) is 52.4 Å². The van der Waals surface area contributed by atoms with Crippen LogP contribution in [0.1, 0.15) is 52.7 Å². The lowest BCUT2D eigenvalue weighted by atomic mass is 9.80. The lowest BCUT2D eigenvalue weighted by Gasteiger charge is -2.26. The number of hydrogen-bond acceptors (Lipinski definition) is 3. The van der Waals surface area contributed by atoms with Crippen LogP contribution in [0.3, 0.4) is 0 Å². The molecular weight excluding hydrogens is 285 g/mol. The second-order valence-corrected chi connectivity index (χ2v) is 9.72. The third-order valence-electron chi connectivity index (χ3n) is 3.90. The Morgan fingerprint density at radius 2 is 1.67 bits per heavy atom. The maximum atomic E-state index is 12.7. The van der Waals surface area contributed by atoms with Gasteiger partial charge in [-0.3, -0.25) is 9.19 Å². The predicted octanol–water partition coefficient (Wildman–Crippen LogP) is 4.86. The highest BCUT2D eigenvalue weighted by atomic mass is 31.2. The molecule has 5 heteroatoms. The van der Waals surface area contributed by atoms with Crippen molar-refractivity contribution in [2.24, 2.45) is 0 Å². The first-order chi connectivity index (χ1) is 9.40. The van der Waals surface area contributed by atoms with Gasteiger partial charge in [0.15, 0.2) is 5.75 Å². The van der Waals surface area contributed by atoms with Crippen LogP contribution in [0.2, 0.25) is 0 Å². The van der Waals surface area contributed by atoms with E-state index in [4.69, 9.17) is 9.05 Å².